The average molecular weight is 259 g/mol. The highest BCUT2D eigenvalue weighted by Gasteiger charge is 2.03. The third kappa shape index (κ3) is 4.40. The van der Waals surface area contributed by atoms with E-state index >= 15 is 0 Å². The molecule has 0 aliphatic carbocycles. The van der Waals surface area contributed by atoms with Gasteiger partial charge < -0.3 is 14.6 Å². The molecule has 0 amide bonds. The molecule has 5 heteroatoms. The van der Waals surface area contributed by atoms with Crippen LogP contribution in [0.5, 0.6) is 5.75 Å². The predicted octanol–water partition coefficient (Wildman–Crippen LogP) is 2.86. The van der Waals surface area contributed by atoms with Crippen molar-refractivity contribution < 1.29 is 19.4 Å². The lowest BCUT2D eigenvalue weighted by Gasteiger charge is -2.05. The number of benzene rings is 1. The lowest BCUT2D eigenvalue weighted by atomic mass is 10.2. The van der Waals surface area contributed by atoms with Gasteiger partial charge in [0.05, 0.1) is 18.9 Å². The van der Waals surface area contributed by atoms with Crippen LogP contribution in [0.1, 0.15) is 11.3 Å². The van der Waals surface area contributed by atoms with Gasteiger partial charge in [-0.25, -0.2) is 4.79 Å². The van der Waals surface area contributed by atoms with E-state index in [1.54, 1.807) is 6.07 Å². The summed E-state index contributed by atoms with van der Waals surface area (Å²) in [5.74, 6) is 0.237. The summed E-state index contributed by atoms with van der Waals surface area (Å²) in [7, 11) is 0. The third-order valence-electron chi connectivity index (χ3n) is 2.35. The van der Waals surface area contributed by atoms with Gasteiger partial charge in [-0.15, -0.1) is 0 Å². The quantitative estimate of drug-likeness (QED) is 0.836. The third-order valence-corrected chi connectivity index (χ3v) is 2.35. The number of rotatable bonds is 5. The summed E-state index contributed by atoms with van der Waals surface area (Å²) in [5.41, 5.74) is 1.69. The number of pyridine rings is 1. The molecule has 0 spiro atoms. The largest absolute Gasteiger partial charge is 0.511 e. The summed E-state index contributed by atoms with van der Waals surface area (Å²) < 4.78 is 10.0. The van der Waals surface area contributed by atoms with Crippen molar-refractivity contribution in [2.24, 2.45) is 0 Å². The molecule has 1 heterocycles. The van der Waals surface area contributed by atoms with Crippen molar-refractivity contribution >= 4 is 6.16 Å². The zero-order chi connectivity index (χ0) is 13.5. The summed E-state index contributed by atoms with van der Waals surface area (Å²) in [5, 5.41) is 8.51. The first-order valence-corrected chi connectivity index (χ1v) is 5.71. The van der Waals surface area contributed by atoms with Crippen molar-refractivity contribution in [1.82, 2.24) is 4.98 Å². The molecule has 0 aliphatic heterocycles. The summed E-state index contributed by atoms with van der Waals surface area (Å²) in [6.45, 7) is 0.776. The zero-order valence-electron chi connectivity index (χ0n) is 10.2. The number of aromatic nitrogens is 1. The van der Waals surface area contributed by atoms with Gasteiger partial charge in [0.25, 0.3) is 0 Å². The molecule has 1 N–H and O–H groups in total. The Bertz CT molecular complexity index is 542. The normalized spacial score (nSPS) is 10.1. The lowest BCUT2D eigenvalue weighted by molar-refractivity contribution is 0.104. The predicted molar refractivity (Wildman–Crippen MR) is 67.8 cm³/mol. The van der Waals surface area contributed by atoms with Gasteiger partial charge in [0.2, 0.25) is 0 Å². The Hall–Kier alpha value is -2.40. The molecule has 2 aromatic rings. The van der Waals surface area contributed by atoms with Crippen LogP contribution in [0.4, 0.5) is 4.79 Å². The van der Waals surface area contributed by atoms with Crippen molar-refractivity contribution in [3.05, 3.63) is 59.9 Å². The molecule has 0 unspecified atom stereocenters. The van der Waals surface area contributed by atoms with E-state index in [1.807, 2.05) is 30.3 Å². The molecule has 1 aromatic carbocycles. The molecular formula is C14H13NO4. The van der Waals surface area contributed by atoms with Gasteiger partial charge in [-0.1, -0.05) is 30.3 Å². The first kappa shape index (κ1) is 13.0. The molecule has 1 aromatic heterocycles. The Morgan fingerprint density at radius 3 is 2.68 bits per heavy atom. The van der Waals surface area contributed by atoms with Crippen LogP contribution >= 0.6 is 0 Å². The number of nitrogens with zero attached hydrogens (tertiary/aromatic N) is 1. The van der Waals surface area contributed by atoms with E-state index in [0.29, 0.717) is 18.9 Å². The van der Waals surface area contributed by atoms with Gasteiger partial charge >= 0.3 is 6.16 Å². The van der Waals surface area contributed by atoms with E-state index in [9.17, 15) is 4.79 Å². The van der Waals surface area contributed by atoms with Crippen LogP contribution in [0, 0.1) is 0 Å². The maximum atomic E-state index is 10.4. The fourth-order valence-corrected chi connectivity index (χ4v) is 1.55. The Morgan fingerprint density at radius 1 is 1.16 bits per heavy atom. The molecule has 2 rings (SSSR count). The number of hydrogen-bond donors (Lipinski definition) is 1. The average Bonchev–Trinajstić information content (AvgIpc) is 2.40. The monoisotopic (exact) mass is 259 g/mol. The van der Waals surface area contributed by atoms with Crippen molar-refractivity contribution in [2.75, 3.05) is 0 Å². The maximum absolute atomic E-state index is 10.4. The number of carbonyl (C=O) groups is 1. The molecule has 0 fully saturated rings. The van der Waals surface area contributed by atoms with E-state index in [4.69, 9.17) is 9.84 Å². The minimum Gasteiger partial charge on any atom is -0.449 e. The molecule has 98 valence electrons. The number of carboxylic acid groups (broad SMARTS) is 1. The van der Waals surface area contributed by atoms with Gasteiger partial charge in [0.15, 0.2) is 0 Å². The minimum atomic E-state index is -1.35. The molecule has 0 bridgehead atoms. The summed E-state index contributed by atoms with van der Waals surface area (Å²) in [4.78, 5) is 14.5. The molecule has 5 nitrogen and oxygen atoms in total. The van der Waals surface area contributed by atoms with Crippen LogP contribution in [0.25, 0.3) is 0 Å². The summed E-state index contributed by atoms with van der Waals surface area (Å²) in [6, 6.07) is 12.8. The van der Waals surface area contributed by atoms with Crippen molar-refractivity contribution in [2.45, 2.75) is 13.2 Å². The van der Waals surface area contributed by atoms with E-state index in [1.165, 1.54) is 12.3 Å². The zero-order valence-corrected chi connectivity index (χ0v) is 10.2. The van der Waals surface area contributed by atoms with Crippen LogP contribution in [0.2, 0.25) is 0 Å². The summed E-state index contributed by atoms with van der Waals surface area (Å²) >= 11 is 0. The maximum Gasteiger partial charge on any atom is 0.511 e. The molecule has 0 atom stereocenters. The smallest absolute Gasteiger partial charge is 0.449 e. The standard InChI is InChI=1S/C14H13NO4/c16-14(17)19-13-6-7-15-12(8-13)10-18-9-11-4-2-1-3-5-11/h1-8H,9-10H2,(H,16,17). The minimum absolute atomic E-state index is 0.237. The van der Waals surface area contributed by atoms with Gasteiger partial charge in [-0.05, 0) is 11.6 Å². The van der Waals surface area contributed by atoms with Gasteiger partial charge in [0, 0.05) is 12.3 Å². The fraction of sp³-hybridized carbons (Fsp3) is 0.143. The van der Waals surface area contributed by atoms with Crippen LogP contribution < -0.4 is 4.74 Å². The molecule has 0 aliphatic rings. The van der Waals surface area contributed by atoms with Gasteiger partial charge in [0.1, 0.15) is 5.75 Å². The SMILES string of the molecule is O=C(O)Oc1ccnc(COCc2ccccc2)c1. The highest BCUT2D eigenvalue weighted by Crippen LogP contribution is 2.12. The first-order chi connectivity index (χ1) is 9.24. The molecule has 0 saturated heterocycles. The topological polar surface area (TPSA) is 68.7 Å². The Kier molecular flexibility index (Phi) is 4.47. The van der Waals surface area contributed by atoms with E-state index < -0.39 is 6.16 Å². The highest BCUT2D eigenvalue weighted by atomic mass is 16.7. The number of ether oxygens (including phenoxy) is 2. The van der Waals surface area contributed by atoms with Crippen molar-refractivity contribution in [3.8, 4) is 5.75 Å². The molecule has 19 heavy (non-hydrogen) atoms. The molecular weight excluding hydrogens is 246 g/mol. The van der Waals surface area contributed by atoms with E-state index in [2.05, 4.69) is 9.72 Å². The van der Waals surface area contributed by atoms with Crippen LogP contribution in [-0.2, 0) is 18.0 Å². The molecule has 0 saturated carbocycles. The number of hydrogen-bond acceptors (Lipinski definition) is 4. The lowest BCUT2D eigenvalue weighted by Crippen LogP contribution is -2.04. The van der Waals surface area contributed by atoms with Crippen molar-refractivity contribution in [1.29, 1.82) is 0 Å². The summed E-state index contributed by atoms with van der Waals surface area (Å²) in [6.07, 6.45) is 0.141. The Morgan fingerprint density at radius 2 is 1.95 bits per heavy atom. The first-order valence-electron chi connectivity index (χ1n) is 5.71. The Labute approximate surface area is 110 Å². The van der Waals surface area contributed by atoms with E-state index in [-0.39, 0.29) is 5.75 Å². The fourth-order valence-electron chi connectivity index (χ4n) is 1.55. The second-order valence-electron chi connectivity index (χ2n) is 3.83. The highest BCUT2D eigenvalue weighted by molar-refractivity contribution is 5.61. The van der Waals surface area contributed by atoms with Gasteiger partial charge in [-0.2, -0.15) is 0 Å². The molecule has 0 radical (unpaired) electrons. The Balaban J connectivity index is 1.87. The van der Waals surface area contributed by atoms with Crippen LogP contribution in [0.3, 0.4) is 0 Å². The second-order valence-corrected chi connectivity index (χ2v) is 3.83. The van der Waals surface area contributed by atoms with E-state index in [0.717, 1.165) is 5.56 Å². The van der Waals surface area contributed by atoms with Crippen molar-refractivity contribution in [3.63, 3.8) is 0 Å². The van der Waals surface area contributed by atoms with Crippen LogP contribution in [0.15, 0.2) is 48.7 Å². The van der Waals surface area contributed by atoms with Gasteiger partial charge in [-0.3, -0.25) is 4.98 Å². The van der Waals surface area contributed by atoms with Crippen LogP contribution in [-0.4, -0.2) is 16.2 Å². The second kappa shape index (κ2) is 6.51.